The zero-order valence-corrected chi connectivity index (χ0v) is 18.4. The fraction of sp³-hybridized carbons (Fsp3) is 0.500. The van der Waals surface area contributed by atoms with E-state index in [0.717, 1.165) is 36.3 Å². The Bertz CT molecular complexity index is 790. The summed E-state index contributed by atoms with van der Waals surface area (Å²) in [6.45, 7) is 3.70. The van der Waals surface area contributed by atoms with Crippen molar-refractivity contribution in [3.63, 3.8) is 0 Å². The molecule has 1 amide bonds. The first-order chi connectivity index (χ1) is 15.0. The summed E-state index contributed by atoms with van der Waals surface area (Å²) in [7, 11) is 2.04. The third-order valence-corrected chi connectivity index (χ3v) is 5.55. The molecule has 7 nitrogen and oxygen atoms in total. The second-order valence-electron chi connectivity index (χ2n) is 8.08. The predicted molar refractivity (Wildman–Crippen MR) is 120 cm³/mol. The summed E-state index contributed by atoms with van der Waals surface area (Å²) in [5.74, 6) is 0.806. The molecule has 1 aromatic heterocycles. The SMILES string of the molecule is CC1CC(N(C)CCCC(=O)NCCOc2ccc(-c3cccnc3)cc2)CC(O)O1. The van der Waals surface area contributed by atoms with Gasteiger partial charge in [-0.1, -0.05) is 18.2 Å². The number of rotatable bonds is 10. The highest BCUT2D eigenvalue weighted by molar-refractivity contribution is 5.75. The number of benzene rings is 1. The maximum absolute atomic E-state index is 12.1. The van der Waals surface area contributed by atoms with Gasteiger partial charge >= 0.3 is 0 Å². The lowest BCUT2D eigenvalue weighted by Crippen LogP contribution is -2.43. The highest BCUT2D eigenvalue weighted by Crippen LogP contribution is 2.22. The summed E-state index contributed by atoms with van der Waals surface area (Å²) in [5.41, 5.74) is 2.15. The van der Waals surface area contributed by atoms with Gasteiger partial charge in [0.1, 0.15) is 12.4 Å². The lowest BCUT2D eigenvalue weighted by atomic mass is 10.0. The number of ether oxygens (including phenoxy) is 2. The van der Waals surface area contributed by atoms with Gasteiger partial charge < -0.3 is 24.8 Å². The summed E-state index contributed by atoms with van der Waals surface area (Å²) in [6.07, 6.45) is 5.74. The maximum Gasteiger partial charge on any atom is 0.220 e. The Morgan fingerprint density at radius 3 is 2.77 bits per heavy atom. The van der Waals surface area contributed by atoms with Crippen LogP contribution in [-0.2, 0) is 9.53 Å². The van der Waals surface area contributed by atoms with E-state index in [9.17, 15) is 9.90 Å². The van der Waals surface area contributed by atoms with Crippen molar-refractivity contribution in [2.24, 2.45) is 0 Å². The van der Waals surface area contributed by atoms with Crippen molar-refractivity contribution in [3.05, 3.63) is 48.8 Å². The van der Waals surface area contributed by atoms with Crippen LogP contribution in [0.4, 0.5) is 0 Å². The Balaban J connectivity index is 1.28. The van der Waals surface area contributed by atoms with Gasteiger partial charge in [-0.2, -0.15) is 0 Å². The van der Waals surface area contributed by atoms with Crippen LogP contribution in [0.1, 0.15) is 32.6 Å². The second kappa shape index (κ2) is 11.8. The van der Waals surface area contributed by atoms with Gasteiger partial charge in [-0.15, -0.1) is 0 Å². The van der Waals surface area contributed by atoms with Crippen molar-refractivity contribution >= 4 is 5.91 Å². The number of aromatic nitrogens is 1. The summed E-state index contributed by atoms with van der Waals surface area (Å²) in [4.78, 5) is 18.4. The van der Waals surface area contributed by atoms with E-state index in [1.165, 1.54) is 0 Å². The molecule has 1 aliphatic rings. The van der Waals surface area contributed by atoms with Crippen LogP contribution in [0.15, 0.2) is 48.8 Å². The third-order valence-electron chi connectivity index (χ3n) is 5.55. The molecule has 3 unspecified atom stereocenters. The lowest BCUT2D eigenvalue weighted by Gasteiger charge is -2.36. The van der Waals surface area contributed by atoms with Crippen molar-refractivity contribution in [1.29, 1.82) is 0 Å². The number of nitrogens with one attached hydrogen (secondary N) is 1. The van der Waals surface area contributed by atoms with Crippen LogP contribution in [0.3, 0.4) is 0 Å². The second-order valence-corrected chi connectivity index (χ2v) is 8.08. The number of amides is 1. The zero-order valence-electron chi connectivity index (χ0n) is 18.4. The molecule has 1 aromatic carbocycles. The number of carbonyl (C=O) groups excluding carboxylic acids is 1. The minimum absolute atomic E-state index is 0.0318. The first kappa shape index (κ1) is 23.2. The van der Waals surface area contributed by atoms with E-state index in [2.05, 4.69) is 15.2 Å². The summed E-state index contributed by atoms with van der Waals surface area (Å²) in [6, 6.07) is 12.1. The van der Waals surface area contributed by atoms with Crippen molar-refractivity contribution < 1.29 is 19.4 Å². The standard InChI is InChI=1S/C24H33N3O4/c1-18-15-21(16-24(29)31-18)27(2)13-4-6-23(28)26-12-14-30-22-9-7-19(8-10-22)20-5-3-11-25-17-20/h3,5,7-11,17-18,21,24,29H,4,6,12-16H2,1-2H3,(H,26,28). The van der Waals surface area contributed by atoms with Gasteiger partial charge in [0.2, 0.25) is 5.91 Å². The Morgan fingerprint density at radius 1 is 1.26 bits per heavy atom. The largest absolute Gasteiger partial charge is 0.492 e. The molecule has 0 bridgehead atoms. The molecule has 31 heavy (non-hydrogen) atoms. The molecule has 1 fully saturated rings. The van der Waals surface area contributed by atoms with Gasteiger partial charge in [-0.05, 0) is 62.7 Å². The topological polar surface area (TPSA) is 83.9 Å². The Kier molecular flexibility index (Phi) is 8.82. The zero-order chi connectivity index (χ0) is 22.1. The van der Waals surface area contributed by atoms with Crippen molar-refractivity contribution in [2.45, 2.75) is 51.0 Å². The fourth-order valence-electron chi connectivity index (χ4n) is 3.85. The smallest absolute Gasteiger partial charge is 0.220 e. The predicted octanol–water partition coefficient (Wildman–Crippen LogP) is 2.84. The van der Waals surface area contributed by atoms with Crippen LogP contribution in [0.2, 0.25) is 0 Å². The molecule has 0 radical (unpaired) electrons. The summed E-state index contributed by atoms with van der Waals surface area (Å²) in [5, 5.41) is 12.7. The Labute approximate surface area is 184 Å². The first-order valence-corrected chi connectivity index (χ1v) is 10.9. The highest BCUT2D eigenvalue weighted by atomic mass is 16.6. The minimum atomic E-state index is -0.689. The minimum Gasteiger partial charge on any atom is -0.492 e. The summed E-state index contributed by atoms with van der Waals surface area (Å²) < 4.78 is 11.1. The molecule has 0 aliphatic carbocycles. The highest BCUT2D eigenvalue weighted by Gasteiger charge is 2.28. The molecule has 7 heteroatoms. The third kappa shape index (κ3) is 7.61. The van der Waals surface area contributed by atoms with Crippen molar-refractivity contribution in [3.8, 4) is 16.9 Å². The van der Waals surface area contributed by atoms with Crippen molar-refractivity contribution in [2.75, 3.05) is 26.7 Å². The average molecular weight is 428 g/mol. The van der Waals surface area contributed by atoms with E-state index in [1.807, 2.05) is 56.6 Å². The molecular formula is C24H33N3O4. The van der Waals surface area contributed by atoms with Crippen LogP contribution in [0, 0.1) is 0 Å². The monoisotopic (exact) mass is 427 g/mol. The van der Waals surface area contributed by atoms with E-state index in [1.54, 1.807) is 6.20 Å². The molecule has 3 rings (SSSR count). The molecule has 2 aromatic rings. The number of nitrogens with zero attached hydrogens (tertiary/aromatic N) is 2. The van der Waals surface area contributed by atoms with Crippen LogP contribution in [0.5, 0.6) is 5.75 Å². The summed E-state index contributed by atoms with van der Waals surface area (Å²) >= 11 is 0. The Morgan fingerprint density at radius 2 is 2.06 bits per heavy atom. The van der Waals surface area contributed by atoms with Gasteiger partial charge in [0, 0.05) is 31.3 Å². The van der Waals surface area contributed by atoms with E-state index in [0.29, 0.717) is 32.0 Å². The molecule has 1 aliphatic heterocycles. The van der Waals surface area contributed by atoms with Gasteiger partial charge in [-0.3, -0.25) is 9.78 Å². The van der Waals surface area contributed by atoms with Crippen LogP contribution in [0.25, 0.3) is 11.1 Å². The number of hydrogen-bond acceptors (Lipinski definition) is 6. The van der Waals surface area contributed by atoms with Gasteiger partial charge in [0.15, 0.2) is 6.29 Å². The number of pyridine rings is 1. The molecule has 2 heterocycles. The van der Waals surface area contributed by atoms with Crippen LogP contribution >= 0.6 is 0 Å². The molecular weight excluding hydrogens is 394 g/mol. The average Bonchev–Trinajstić information content (AvgIpc) is 2.77. The molecule has 1 saturated heterocycles. The quantitative estimate of drug-likeness (QED) is 0.568. The first-order valence-electron chi connectivity index (χ1n) is 10.9. The normalized spacial score (nSPS) is 21.1. The molecule has 168 valence electrons. The number of aliphatic hydroxyl groups is 1. The number of aliphatic hydroxyl groups excluding tert-OH is 1. The van der Waals surface area contributed by atoms with Gasteiger partial charge in [0.25, 0.3) is 0 Å². The van der Waals surface area contributed by atoms with Gasteiger partial charge in [0.05, 0.1) is 12.6 Å². The number of hydrogen-bond donors (Lipinski definition) is 2. The van der Waals surface area contributed by atoms with E-state index in [4.69, 9.17) is 9.47 Å². The van der Waals surface area contributed by atoms with E-state index in [-0.39, 0.29) is 12.0 Å². The fourth-order valence-corrected chi connectivity index (χ4v) is 3.85. The van der Waals surface area contributed by atoms with Crippen LogP contribution < -0.4 is 10.1 Å². The lowest BCUT2D eigenvalue weighted by molar-refractivity contribution is -0.173. The van der Waals surface area contributed by atoms with E-state index >= 15 is 0 Å². The number of carbonyl (C=O) groups is 1. The van der Waals surface area contributed by atoms with Crippen LogP contribution in [-0.4, -0.2) is 66.1 Å². The Hall–Kier alpha value is -2.48. The van der Waals surface area contributed by atoms with Gasteiger partial charge in [-0.25, -0.2) is 0 Å². The maximum atomic E-state index is 12.1. The van der Waals surface area contributed by atoms with E-state index < -0.39 is 6.29 Å². The molecule has 2 N–H and O–H groups in total. The molecule has 3 atom stereocenters. The van der Waals surface area contributed by atoms with Crippen molar-refractivity contribution in [1.82, 2.24) is 15.2 Å². The molecule has 0 saturated carbocycles. The molecule has 0 spiro atoms.